The predicted octanol–water partition coefficient (Wildman–Crippen LogP) is 0.650. The van der Waals surface area contributed by atoms with Gasteiger partial charge in [0.2, 0.25) is 0 Å². The van der Waals surface area contributed by atoms with Gasteiger partial charge in [-0.05, 0) is 24.8 Å². The monoisotopic (exact) mass is 231 g/mol. The van der Waals surface area contributed by atoms with Crippen molar-refractivity contribution in [3.05, 3.63) is 24.0 Å². The highest BCUT2D eigenvalue weighted by molar-refractivity contribution is 6.03. The Morgan fingerprint density at radius 1 is 1.59 bits per heavy atom. The zero-order chi connectivity index (χ0) is 11.8. The van der Waals surface area contributed by atoms with Crippen molar-refractivity contribution in [3.8, 4) is 0 Å². The molecule has 1 aliphatic rings. The fraction of sp³-hybridized carbons (Fsp3) is 0.364. The number of nitrogens with zero attached hydrogens (tertiary/aromatic N) is 3. The Kier molecular flexibility index (Phi) is 2.21. The number of aromatic nitrogens is 3. The summed E-state index contributed by atoms with van der Waals surface area (Å²) in [5.74, 6) is 0.730. The Morgan fingerprint density at radius 3 is 3.12 bits per heavy atom. The van der Waals surface area contributed by atoms with Crippen LogP contribution in [-0.2, 0) is 0 Å². The van der Waals surface area contributed by atoms with Gasteiger partial charge in [0, 0.05) is 18.9 Å². The van der Waals surface area contributed by atoms with Crippen LogP contribution < -0.4 is 11.1 Å². The molecule has 0 atom stereocenters. The number of amides is 1. The average Bonchev–Trinajstić information content (AvgIpc) is 3.05. The first-order valence-corrected chi connectivity index (χ1v) is 5.62. The van der Waals surface area contributed by atoms with Crippen LogP contribution in [0.2, 0.25) is 0 Å². The quantitative estimate of drug-likeness (QED) is 0.809. The second-order valence-corrected chi connectivity index (χ2v) is 4.30. The van der Waals surface area contributed by atoms with Crippen LogP contribution in [-0.4, -0.2) is 27.0 Å². The van der Waals surface area contributed by atoms with Crippen LogP contribution in [0.25, 0.3) is 5.65 Å². The highest BCUT2D eigenvalue weighted by atomic mass is 16.1. The summed E-state index contributed by atoms with van der Waals surface area (Å²) >= 11 is 0. The molecular formula is C11H13N5O. The molecule has 0 radical (unpaired) electrons. The number of carbonyl (C=O) groups is 1. The van der Waals surface area contributed by atoms with Crippen LogP contribution in [0.3, 0.4) is 0 Å². The zero-order valence-corrected chi connectivity index (χ0v) is 9.26. The Bertz CT molecular complexity index is 572. The first-order chi connectivity index (χ1) is 8.25. The summed E-state index contributed by atoms with van der Waals surface area (Å²) in [6.07, 6.45) is 5.85. The van der Waals surface area contributed by atoms with Crippen molar-refractivity contribution in [2.75, 3.05) is 11.9 Å². The fourth-order valence-electron chi connectivity index (χ4n) is 1.80. The maximum Gasteiger partial charge on any atom is 0.256 e. The second kappa shape index (κ2) is 3.73. The third-order valence-corrected chi connectivity index (χ3v) is 2.90. The Hall–Kier alpha value is -2.11. The van der Waals surface area contributed by atoms with Gasteiger partial charge in [-0.25, -0.2) is 9.50 Å². The third-order valence-electron chi connectivity index (χ3n) is 2.90. The van der Waals surface area contributed by atoms with Gasteiger partial charge in [0.25, 0.3) is 5.91 Å². The minimum absolute atomic E-state index is 0.367. The van der Waals surface area contributed by atoms with Gasteiger partial charge in [-0.3, -0.25) is 4.79 Å². The minimum Gasteiger partial charge on any atom is -0.368 e. The third kappa shape index (κ3) is 1.82. The lowest BCUT2D eigenvalue weighted by Gasteiger charge is -2.01. The largest absolute Gasteiger partial charge is 0.368 e. The maximum absolute atomic E-state index is 11.4. The highest BCUT2D eigenvalue weighted by Crippen LogP contribution is 2.29. The number of hydrogen-bond donors (Lipinski definition) is 2. The molecule has 2 aromatic rings. The van der Waals surface area contributed by atoms with E-state index in [1.54, 1.807) is 23.0 Å². The molecule has 0 unspecified atom stereocenters. The minimum atomic E-state index is -0.503. The molecule has 6 heteroatoms. The van der Waals surface area contributed by atoms with Crippen molar-refractivity contribution in [1.82, 2.24) is 14.6 Å². The van der Waals surface area contributed by atoms with Crippen LogP contribution in [0.4, 0.5) is 5.82 Å². The van der Waals surface area contributed by atoms with Crippen LogP contribution in [0.1, 0.15) is 23.2 Å². The smallest absolute Gasteiger partial charge is 0.256 e. The molecule has 2 heterocycles. The summed E-state index contributed by atoms with van der Waals surface area (Å²) in [7, 11) is 0. The number of nitrogens with one attached hydrogen (secondary N) is 1. The summed E-state index contributed by atoms with van der Waals surface area (Å²) < 4.78 is 1.56. The van der Waals surface area contributed by atoms with E-state index in [1.165, 1.54) is 12.8 Å². The van der Waals surface area contributed by atoms with Gasteiger partial charge in [-0.15, -0.1) is 5.10 Å². The molecule has 1 fully saturated rings. The number of rotatable bonds is 4. The molecule has 0 aromatic carbocycles. The molecule has 0 aliphatic heterocycles. The van der Waals surface area contributed by atoms with Crippen LogP contribution in [0, 0.1) is 5.92 Å². The van der Waals surface area contributed by atoms with Gasteiger partial charge in [0.15, 0.2) is 11.5 Å². The molecule has 3 N–H and O–H groups in total. The van der Waals surface area contributed by atoms with Crippen molar-refractivity contribution in [2.45, 2.75) is 12.8 Å². The highest BCUT2D eigenvalue weighted by Gasteiger charge is 2.23. The molecule has 0 bridgehead atoms. The Labute approximate surface area is 97.8 Å². The van der Waals surface area contributed by atoms with Crippen molar-refractivity contribution in [1.29, 1.82) is 0 Å². The molecule has 3 rings (SSSR count). The average molecular weight is 231 g/mol. The number of nitrogens with two attached hydrogens (primary N) is 1. The molecule has 1 amide bonds. The molecule has 2 aromatic heterocycles. The van der Waals surface area contributed by atoms with E-state index in [0.717, 1.165) is 6.54 Å². The topological polar surface area (TPSA) is 85.3 Å². The van der Waals surface area contributed by atoms with Gasteiger partial charge in [-0.2, -0.15) is 0 Å². The molecule has 0 saturated heterocycles. The van der Waals surface area contributed by atoms with Gasteiger partial charge in [0.1, 0.15) is 5.56 Å². The SMILES string of the molecule is NC(=O)c1c(NCC2CC2)nn2cccnc12. The van der Waals surface area contributed by atoms with E-state index < -0.39 is 5.91 Å². The number of hydrogen-bond acceptors (Lipinski definition) is 4. The number of anilines is 1. The number of fused-ring (bicyclic) bond motifs is 1. The lowest BCUT2D eigenvalue weighted by Crippen LogP contribution is -2.14. The Balaban J connectivity index is 2.01. The van der Waals surface area contributed by atoms with E-state index in [9.17, 15) is 4.79 Å². The number of carbonyl (C=O) groups excluding carboxylic acids is 1. The van der Waals surface area contributed by atoms with Crippen LogP contribution in [0.15, 0.2) is 18.5 Å². The molecule has 1 saturated carbocycles. The maximum atomic E-state index is 11.4. The predicted molar refractivity (Wildman–Crippen MR) is 62.7 cm³/mol. The normalized spacial score (nSPS) is 15.1. The van der Waals surface area contributed by atoms with E-state index in [1.807, 2.05) is 0 Å². The van der Waals surface area contributed by atoms with Crippen LogP contribution in [0.5, 0.6) is 0 Å². The van der Waals surface area contributed by atoms with E-state index in [0.29, 0.717) is 22.9 Å². The van der Waals surface area contributed by atoms with Crippen LogP contribution >= 0.6 is 0 Å². The summed E-state index contributed by atoms with van der Waals surface area (Å²) in [6.45, 7) is 0.837. The van der Waals surface area contributed by atoms with Crippen molar-refractivity contribution in [2.24, 2.45) is 11.7 Å². The summed E-state index contributed by atoms with van der Waals surface area (Å²) in [4.78, 5) is 15.6. The second-order valence-electron chi connectivity index (χ2n) is 4.30. The summed E-state index contributed by atoms with van der Waals surface area (Å²) in [5.41, 5.74) is 6.24. The summed E-state index contributed by atoms with van der Waals surface area (Å²) in [5, 5.41) is 7.45. The van der Waals surface area contributed by atoms with Crippen molar-refractivity contribution < 1.29 is 4.79 Å². The van der Waals surface area contributed by atoms with Gasteiger partial charge < -0.3 is 11.1 Å². The van der Waals surface area contributed by atoms with Gasteiger partial charge in [-0.1, -0.05) is 0 Å². The summed E-state index contributed by atoms with van der Waals surface area (Å²) in [6, 6.07) is 1.76. The Morgan fingerprint density at radius 2 is 2.41 bits per heavy atom. The lowest BCUT2D eigenvalue weighted by atomic mass is 10.3. The molecule has 88 valence electrons. The van der Waals surface area contributed by atoms with Crippen molar-refractivity contribution in [3.63, 3.8) is 0 Å². The van der Waals surface area contributed by atoms with Crippen molar-refractivity contribution >= 4 is 17.4 Å². The number of primary amides is 1. The molecule has 6 nitrogen and oxygen atoms in total. The molecule has 1 aliphatic carbocycles. The first-order valence-electron chi connectivity index (χ1n) is 5.62. The van der Waals surface area contributed by atoms with E-state index in [4.69, 9.17) is 5.73 Å². The zero-order valence-electron chi connectivity index (χ0n) is 9.26. The molecule has 17 heavy (non-hydrogen) atoms. The fourth-order valence-corrected chi connectivity index (χ4v) is 1.80. The van der Waals surface area contributed by atoms with E-state index >= 15 is 0 Å². The van der Waals surface area contributed by atoms with E-state index in [-0.39, 0.29) is 0 Å². The molecule has 0 spiro atoms. The lowest BCUT2D eigenvalue weighted by molar-refractivity contribution is 0.100. The first kappa shape index (κ1) is 10.1. The molecular weight excluding hydrogens is 218 g/mol. The standard InChI is InChI=1S/C11H13N5O/c12-9(17)8-10(14-6-7-2-3-7)15-16-5-1-4-13-11(8)16/h1,4-5,7H,2-3,6H2,(H2,12,17)(H,14,15). The van der Waals surface area contributed by atoms with Gasteiger partial charge in [0.05, 0.1) is 0 Å². The van der Waals surface area contributed by atoms with E-state index in [2.05, 4.69) is 15.4 Å². The van der Waals surface area contributed by atoms with Gasteiger partial charge >= 0.3 is 0 Å².